The molecule has 96 valence electrons. The number of hydrogen-bond donors (Lipinski definition) is 1. The SMILES string of the molecule is CCc1cccc(OCCC[NH2+][C@H](C)CC)c1. The maximum atomic E-state index is 5.74. The number of hydrogen-bond acceptors (Lipinski definition) is 1. The monoisotopic (exact) mass is 236 g/mol. The van der Waals surface area contributed by atoms with Crippen molar-refractivity contribution in [2.45, 2.75) is 46.1 Å². The number of quaternary nitrogens is 1. The van der Waals surface area contributed by atoms with Gasteiger partial charge in [-0.15, -0.1) is 0 Å². The van der Waals surface area contributed by atoms with Gasteiger partial charge in [-0.25, -0.2) is 0 Å². The molecule has 0 unspecified atom stereocenters. The molecule has 2 nitrogen and oxygen atoms in total. The predicted octanol–water partition coefficient (Wildman–Crippen LogP) is 2.38. The summed E-state index contributed by atoms with van der Waals surface area (Å²) in [4.78, 5) is 0. The molecule has 0 saturated heterocycles. The zero-order valence-electron chi connectivity index (χ0n) is 11.4. The molecule has 0 radical (unpaired) electrons. The molecule has 1 rings (SSSR count). The summed E-state index contributed by atoms with van der Waals surface area (Å²) in [6, 6.07) is 9.12. The Morgan fingerprint density at radius 1 is 1.29 bits per heavy atom. The normalized spacial score (nSPS) is 12.4. The van der Waals surface area contributed by atoms with E-state index in [1.54, 1.807) is 0 Å². The lowest BCUT2D eigenvalue weighted by molar-refractivity contribution is -0.686. The molecule has 2 N–H and O–H groups in total. The fourth-order valence-electron chi connectivity index (χ4n) is 1.70. The highest BCUT2D eigenvalue weighted by atomic mass is 16.5. The lowest BCUT2D eigenvalue weighted by Gasteiger charge is -2.09. The molecule has 0 bridgehead atoms. The van der Waals surface area contributed by atoms with Crippen molar-refractivity contribution in [3.8, 4) is 5.75 Å². The Balaban J connectivity index is 2.17. The van der Waals surface area contributed by atoms with E-state index in [-0.39, 0.29) is 0 Å². The summed E-state index contributed by atoms with van der Waals surface area (Å²) < 4.78 is 5.74. The van der Waals surface area contributed by atoms with Crippen molar-refractivity contribution in [3.63, 3.8) is 0 Å². The van der Waals surface area contributed by atoms with Crippen molar-refractivity contribution < 1.29 is 10.1 Å². The van der Waals surface area contributed by atoms with Crippen LogP contribution in [0.15, 0.2) is 24.3 Å². The van der Waals surface area contributed by atoms with Gasteiger partial charge in [-0.2, -0.15) is 0 Å². The van der Waals surface area contributed by atoms with Gasteiger partial charge < -0.3 is 10.1 Å². The van der Waals surface area contributed by atoms with Crippen LogP contribution in [0.2, 0.25) is 0 Å². The molecular weight excluding hydrogens is 210 g/mol. The number of nitrogens with two attached hydrogens (primary N) is 1. The van der Waals surface area contributed by atoms with E-state index in [2.05, 4.69) is 44.3 Å². The third-order valence-corrected chi connectivity index (χ3v) is 3.14. The van der Waals surface area contributed by atoms with Crippen LogP contribution >= 0.6 is 0 Å². The molecular formula is C15H26NO+. The number of ether oxygens (including phenoxy) is 1. The van der Waals surface area contributed by atoms with Gasteiger partial charge in [0.25, 0.3) is 0 Å². The third kappa shape index (κ3) is 5.73. The van der Waals surface area contributed by atoms with Crippen LogP contribution in [0, 0.1) is 0 Å². The minimum Gasteiger partial charge on any atom is -0.493 e. The minimum atomic E-state index is 0.735. The average Bonchev–Trinajstić information content (AvgIpc) is 2.38. The highest BCUT2D eigenvalue weighted by Gasteiger charge is 2.00. The van der Waals surface area contributed by atoms with E-state index in [9.17, 15) is 0 Å². The molecule has 0 amide bonds. The first-order valence-electron chi connectivity index (χ1n) is 6.81. The van der Waals surface area contributed by atoms with Gasteiger partial charge in [-0.3, -0.25) is 0 Å². The van der Waals surface area contributed by atoms with Crippen LogP contribution in [0.3, 0.4) is 0 Å². The first-order chi connectivity index (χ1) is 8.26. The summed E-state index contributed by atoms with van der Waals surface area (Å²) >= 11 is 0. The van der Waals surface area contributed by atoms with E-state index < -0.39 is 0 Å². The van der Waals surface area contributed by atoms with Crippen molar-refractivity contribution >= 4 is 0 Å². The van der Waals surface area contributed by atoms with Crippen LogP contribution in [0.5, 0.6) is 5.75 Å². The molecule has 0 spiro atoms. The second kappa shape index (κ2) is 8.13. The first kappa shape index (κ1) is 14.0. The van der Waals surface area contributed by atoms with Crippen molar-refractivity contribution in [3.05, 3.63) is 29.8 Å². The Labute approximate surface area is 105 Å². The summed E-state index contributed by atoms with van der Waals surface area (Å²) in [6.45, 7) is 8.64. The summed E-state index contributed by atoms with van der Waals surface area (Å²) in [5, 5.41) is 2.39. The molecule has 1 atom stereocenters. The smallest absolute Gasteiger partial charge is 0.119 e. The molecule has 0 heterocycles. The summed E-state index contributed by atoms with van der Waals surface area (Å²) in [5.74, 6) is 1.01. The minimum absolute atomic E-state index is 0.735. The van der Waals surface area contributed by atoms with Crippen LogP contribution in [-0.2, 0) is 6.42 Å². The van der Waals surface area contributed by atoms with E-state index in [0.29, 0.717) is 0 Å². The standard InChI is InChI=1S/C15H25NO/c1-4-13(3)16-10-7-11-17-15-9-6-8-14(5-2)12-15/h6,8-9,12-13,16H,4-5,7,10-11H2,1-3H3/p+1/t13-/m1/s1. The summed E-state index contributed by atoms with van der Waals surface area (Å²) in [5.41, 5.74) is 1.34. The molecule has 0 saturated carbocycles. The lowest BCUT2D eigenvalue weighted by atomic mass is 10.2. The van der Waals surface area contributed by atoms with E-state index >= 15 is 0 Å². The molecule has 2 heteroatoms. The lowest BCUT2D eigenvalue weighted by Crippen LogP contribution is -2.89. The zero-order valence-corrected chi connectivity index (χ0v) is 11.4. The van der Waals surface area contributed by atoms with Crippen molar-refractivity contribution in [2.75, 3.05) is 13.2 Å². The third-order valence-electron chi connectivity index (χ3n) is 3.14. The van der Waals surface area contributed by atoms with Gasteiger partial charge in [-0.05, 0) is 37.5 Å². The predicted molar refractivity (Wildman–Crippen MR) is 72.5 cm³/mol. The van der Waals surface area contributed by atoms with Gasteiger partial charge >= 0.3 is 0 Å². The number of rotatable bonds is 8. The Morgan fingerprint density at radius 3 is 2.82 bits per heavy atom. The first-order valence-corrected chi connectivity index (χ1v) is 6.81. The molecule has 0 aromatic heterocycles. The molecule has 17 heavy (non-hydrogen) atoms. The quantitative estimate of drug-likeness (QED) is 0.689. The average molecular weight is 236 g/mol. The Hall–Kier alpha value is -1.02. The van der Waals surface area contributed by atoms with Crippen molar-refractivity contribution in [1.82, 2.24) is 0 Å². The molecule has 0 aliphatic heterocycles. The van der Waals surface area contributed by atoms with Gasteiger partial charge in [0.2, 0.25) is 0 Å². The molecule has 0 aliphatic carbocycles. The van der Waals surface area contributed by atoms with Crippen LogP contribution < -0.4 is 10.1 Å². The van der Waals surface area contributed by atoms with Crippen molar-refractivity contribution in [2.24, 2.45) is 0 Å². The highest BCUT2D eigenvalue weighted by molar-refractivity contribution is 5.28. The van der Waals surface area contributed by atoms with Gasteiger partial charge in [0, 0.05) is 6.42 Å². The number of aryl methyl sites for hydroxylation is 1. The molecule has 0 aliphatic rings. The largest absolute Gasteiger partial charge is 0.493 e. The van der Waals surface area contributed by atoms with Gasteiger partial charge in [0.05, 0.1) is 19.2 Å². The van der Waals surface area contributed by atoms with Gasteiger partial charge in [0.1, 0.15) is 5.75 Å². The maximum absolute atomic E-state index is 5.74. The zero-order chi connectivity index (χ0) is 12.5. The fourth-order valence-corrected chi connectivity index (χ4v) is 1.70. The van der Waals surface area contributed by atoms with Crippen LogP contribution in [0.1, 0.15) is 39.2 Å². The van der Waals surface area contributed by atoms with Gasteiger partial charge in [-0.1, -0.05) is 26.0 Å². The Bertz CT molecular complexity index is 312. The Morgan fingerprint density at radius 2 is 2.12 bits per heavy atom. The Kier molecular flexibility index (Phi) is 6.71. The second-order valence-electron chi connectivity index (χ2n) is 4.61. The van der Waals surface area contributed by atoms with E-state index in [1.165, 1.54) is 12.0 Å². The van der Waals surface area contributed by atoms with E-state index in [1.807, 2.05) is 6.07 Å². The van der Waals surface area contributed by atoms with Crippen LogP contribution in [0.4, 0.5) is 0 Å². The summed E-state index contributed by atoms with van der Waals surface area (Å²) in [7, 11) is 0. The van der Waals surface area contributed by atoms with Crippen molar-refractivity contribution in [1.29, 1.82) is 0 Å². The molecule has 1 aromatic rings. The fraction of sp³-hybridized carbons (Fsp3) is 0.600. The number of benzene rings is 1. The maximum Gasteiger partial charge on any atom is 0.119 e. The van der Waals surface area contributed by atoms with Crippen LogP contribution in [-0.4, -0.2) is 19.2 Å². The van der Waals surface area contributed by atoms with E-state index in [0.717, 1.165) is 37.8 Å². The molecule has 1 aromatic carbocycles. The summed E-state index contributed by atoms with van der Waals surface area (Å²) in [6.07, 6.45) is 3.42. The second-order valence-corrected chi connectivity index (χ2v) is 4.61. The topological polar surface area (TPSA) is 25.8 Å². The highest BCUT2D eigenvalue weighted by Crippen LogP contribution is 2.13. The van der Waals surface area contributed by atoms with E-state index in [4.69, 9.17) is 4.74 Å². The molecule has 0 fully saturated rings. The van der Waals surface area contributed by atoms with Crippen LogP contribution in [0.25, 0.3) is 0 Å². The van der Waals surface area contributed by atoms with Gasteiger partial charge in [0.15, 0.2) is 0 Å².